The molecule has 1 saturated heterocycles. The van der Waals surface area contributed by atoms with E-state index >= 15 is 0 Å². The van der Waals surface area contributed by atoms with E-state index in [4.69, 9.17) is 4.74 Å². The molecular weight excluding hydrogens is 311 g/mol. The second-order valence-corrected chi connectivity index (χ2v) is 5.71. The number of carbonyl (C=O) groups is 1. The molecule has 6 nitrogen and oxygen atoms in total. The highest BCUT2D eigenvalue weighted by Crippen LogP contribution is 2.22. The Kier molecular flexibility index (Phi) is 4.69. The summed E-state index contributed by atoms with van der Waals surface area (Å²) in [4.78, 5) is 26.2. The summed E-state index contributed by atoms with van der Waals surface area (Å²) < 4.78 is 19.8. The SMILES string of the molecule is CCc1ncnc(OC2CCN(C(=O)c3cccnc3C)C2)c1F. The number of ether oxygens (including phenoxy) is 1. The van der Waals surface area contributed by atoms with Crippen LogP contribution in [0.2, 0.25) is 0 Å². The number of carbonyl (C=O) groups excluding carboxylic acids is 1. The number of aromatic nitrogens is 3. The van der Waals surface area contributed by atoms with Crippen molar-refractivity contribution < 1.29 is 13.9 Å². The highest BCUT2D eigenvalue weighted by molar-refractivity contribution is 5.95. The molecule has 0 bridgehead atoms. The lowest BCUT2D eigenvalue weighted by atomic mass is 10.2. The molecule has 7 heteroatoms. The van der Waals surface area contributed by atoms with Crippen molar-refractivity contribution in [3.8, 4) is 5.88 Å². The lowest BCUT2D eigenvalue weighted by Crippen LogP contribution is -2.31. The van der Waals surface area contributed by atoms with Crippen LogP contribution >= 0.6 is 0 Å². The molecule has 126 valence electrons. The van der Waals surface area contributed by atoms with Crippen molar-refractivity contribution in [1.82, 2.24) is 19.9 Å². The van der Waals surface area contributed by atoms with Gasteiger partial charge in [0.05, 0.1) is 17.8 Å². The molecule has 0 aromatic carbocycles. The monoisotopic (exact) mass is 330 g/mol. The van der Waals surface area contributed by atoms with E-state index in [9.17, 15) is 9.18 Å². The van der Waals surface area contributed by atoms with E-state index in [0.717, 1.165) is 0 Å². The Labute approximate surface area is 139 Å². The van der Waals surface area contributed by atoms with Gasteiger partial charge in [0.15, 0.2) is 0 Å². The van der Waals surface area contributed by atoms with E-state index in [0.29, 0.717) is 42.9 Å². The lowest BCUT2D eigenvalue weighted by molar-refractivity contribution is 0.0768. The van der Waals surface area contributed by atoms with Gasteiger partial charge in [-0.25, -0.2) is 4.98 Å². The number of hydrogen-bond acceptors (Lipinski definition) is 5. The van der Waals surface area contributed by atoms with Crippen LogP contribution in [0.15, 0.2) is 24.7 Å². The minimum atomic E-state index is -0.520. The third-order valence-electron chi connectivity index (χ3n) is 4.11. The normalized spacial score (nSPS) is 17.1. The van der Waals surface area contributed by atoms with Crippen LogP contribution < -0.4 is 4.74 Å². The van der Waals surface area contributed by atoms with Gasteiger partial charge >= 0.3 is 0 Å². The molecule has 0 N–H and O–H groups in total. The van der Waals surface area contributed by atoms with E-state index in [1.54, 1.807) is 30.2 Å². The van der Waals surface area contributed by atoms with E-state index in [1.807, 2.05) is 6.92 Å². The lowest BCUT2D eigenvalue weighted by Gasteiger charge is -2.18. The zero-order valence-corrected chi connectivity index (χ0v) is 13.7. The van der Waals surface area contributed by atoms with Gasteiger partial charge in [0.25, 0.3) is 11.8 Å². The molecule has 2 aromatic heterocycles. The third-order valence-corrected chi connectivity index (χ3v) is 4.11. The number of pyridine rings is 1. The summed E-state index contributed by atoms with van der Waals surface area (Å²) in [5, 5.41) is 0. The fraction of sp³-hybridized carbons (Fsp3) is 0.412. The Balaban J connectivity index is 1.68. The molecule has 3 heterocycles. The minimum absolute atomic E-state index is 0.0429. The number of amides is 1. The molecule has 2 aromatic rings. The zero-order chi connectivity index (χ0) is 17.1. The van der Waals surface area contributed by atoms with Gasteiger partial charge in [-0.05, 0) is 25.5 Å². The smallest absolute Gasteiger partial charge is 0.255 e. The number of nitrogens with zero attached hydrogens (tertiary/aromatic N) is 4. The van der Waals surface area contributed by atoms with Gasteiger partial charge in [-0.15, -0.1) is 0 Å². The summed E-state index contributed by atoms with van der Waals surface area (Å²) in [7, 11) is 0. The second-order valence-electron chi connectivity index (χ2n) is 5.71. The van der Waals surface area contributed by atoms with Crippen LogP contribution in [-0.4, -0.2) is 45.0 Å². The molecule has 24 heavy (non-hydrogen) atoms. The zero-order valence-electron chi connectivity index (χ0n) is 13.7. The summed E-state index contributed by atoms with van der Waals surface area (Å²) in [6.07, 6.45) is 3.79. The Morgan fingerprint density at radius 1 is 1.42 bits per heavy atom. The Hall–Kier alpha value is -2.57. The van der Waals surface area contributed by atoms with E-state index in [2.05, 4.69) is 15.0 Å². The van der Waals surface area contributed by atoms with Crippen molar-refractivity contribution in [2.24, 2.45) is 0 Å². The maximum Gasteiger partial charge on any atom is 0.255 e. The van der Waals surface area contributed by atoms with Crippen LogP contribution in [-0.2, 0) is 6.42 Å². The first-order valence-electron chi connectivity index (χ1n) is 7.97. The van der Waals surface area contributed by atoms with Crippen molar-refractivity contribution in [3.05, 3.63) is 47.4 Å². The highest BCUT2D eigenvalue weighted by atomic mass is 19.1. The van der Waals surface area contributed by atoms with Crippen molar-refractivity contribution in [2.45, 2.75) is 32.8 Å². The van der Waals surface area contributed by atoms with Gasteiger partial charge in [0.2, 0.25) is 5.82 Å². The Morgan fingerprint density at radius 2 is 2.25 bits per heavy atom. The first-order valence-corrected chi connectivity index (χ1v) is 7.97. The van der Waals surface area contributed by atoms with Crippen molar-refractivity contribution in [2.75, 3.05) is 13.1 Å². The van der Waals surface area contributed by atoms with Gasteiger partial charge in [-0.1, -0.05) is 6.92 Å². The topological polar surface area (TPSA) is 68.2 Å². The van der Waals surface area contributed by atoms with Gasteiger partial charge in [0, 0.05) is 24.9 Å². The Morgan fingerprint density at radius 3 is 3.00 bits per heavy atom. The minimum Gasteiger partial charge on any atom is -0.470 e. The van der Waals surface area contributed by atoms with Gasteiger partial charge < -0.3 is 9.64 Å². The molecule has 0 saturated carbocycles. The predicted octanol–water partition coefficient (Wildman–Crippen LogP) is 2.18. The third kappa shape index (κ3) is 3.20. The Bertz CT molecular complexity index is 753. The van der Waals surface area contributed by atoms with E-state index < -0.39 is 5.82 Å². The second kappa shape index (κ2) is 6.90. The quantitative estimate of drug-likeness (QED) is 0.859. The summed E-state index contributed by atoms with van der Waals surface area (Å²) in [5.74, 6) is -0.643. The number of hydrogen-bond donors (Lipinski definition) is 0. The molecule has 1 amide bonds. The largest absolute Gasteiger partial charge is 0.470 e. The van der Waals surface area contributed by atoms with E-state index in [-0.39, 0.29) is 17.9 Å². The molecule has 0 radical (unpaired) electrons. The predicted molar refractivity (Wildman–Crippen MR) is 85.3 cm³/mol. The molecule has 1 aliphatic rings. The molecule has 1 atom stereocenters. The van der Waals surface area contributed by atoms with Crippen LogP contribution in [0.25, 0.3) is 0 Å². The van der Waals surface area contributed by atoms with Crippen molar-refractivity contribution >= 4 is 5.91 Å². The number of likely N-dealkylation sites (tertiary alicyclic amines) is 1. The van der Waals surface area contributed by atoms with Crippen LogP contribution in [0.4, 0.5) is 4.39 Å². The van der Waals surface area contributed by atoms with Gasteiger partial charge in [0.1, 0.15) is 12.4 Å². The first-order chi connectivity index (χ1) is 11.6. The number of aryl methyl sites for hydroxylation is 2. The standard InChI is InChI=1S/C17H19FN4O2/c1-3-14-15(18)16(21-10-20-14)24-12-6-8-22(9-12)17(23)13-5-4-7-19-11(13)2/h4-5,7,10,12H,3,6,8-9H2,1-2H3. The van der Waals surface area contributed by atoms with Crippen molar-refractivity contribution in [3.63, 3.8) is 0 Å². The number of rotatable bonds is 4. The summed E-state index contributed by atoms with van der Waals surface area (Å²) in [5.41, 5.74) is 1.61. The van der Waals surface area contributed by atoms with Gasteiger partial charge in [-0.2, -0.15) is 9.37 Å². The van der Waals surface area contributed by atoms with Gasteiger partial charge in [-0.3, -0.25) is 9.78 Å². The number of halogens is 1. The van der Waals surface area contributed by atoms with Crippen LogP contribution in [0, 0.1) is 12.7 Å². The summed E-state index contributed by atoms with van der Waals surface area (Å²) >= 11 is 0. The molecule has 1 fully saturated rings. The molecule has 0 aliphatic carbocycles. The first kappa shape index (κ1) is 16.3. The van der Waals surface area contributed by atoms with Crippen molar-refractivity contribution in [1.29, 1.82) is 0 Å². The fourth-order valence-electron chi connectivity index (χ4n) is 2.76. The average Bonchev–Trinajstić information content (AvgIpc) is 3.05. The van der Waals surface area contributed by atoms with Crippen LogP contribution in [0.5, 0.6) is 5.88 Å². The molecule has 1 unspecified atom stereocenters. The summed E-state index contributed by atoms with van der Waals surface area (Å²) in [6.45, 7) is 4.59. The maximum absolute atomic E-state index is 14.2. The van der Waals surface area contributed by atoms with Crippen LogP contribution in [0.1, 0.15) is 35.1 Å². The fourth-order valence-corrected chi connectivity index (χ4v) is 2.76. The molecule has 3 rings (SSSR count). The average molecular weight is 330 g/mol. The maximum atomic E-state index is 14.2. The highest BCUT2D eigenvalue weighted by Gasteiger charge is 2.30. The molecule has 1 aliphatic heterocycles. The molecule has 0 spiro atoms. The summed E-state index contributed by atoms with van der Waals surface area (Å²) in [6, 6.07) is 3.50. The van der Waals surface area contributed by atoms with E-state index in [1.165, 1.54) is 6.33 Å². The van der Waals surface area contributed by atoms with Crippen LogP contribution in [0.3, 0.4) is 0 Å². The molecular formula is C17H19FN4O2.